The number of nitrogens with zero attached hydrogens (tertiary/aromatic N) is 2. The normalized spacial score (nSPS) is 10.9. The van der Waals surface area contributed by atoms with Crippen molar-refractivity contribution in [3.8, 4) is 5.75 Å². The lowest BCUT2D eigenvalue weighted by Crippen LogP contribution is -2.20. The molecule has 1 aromatic heterocycles. The van der Waals surface area contributed by atoms with Crippen molar-refractivity contribution in [2.75, 3.05) is 11.9 Å². The molecule has 0 aliphatic carbocycles. The number of para-hydroxylation sites is 2. The number of aryl methyl sites for hydroxylation is 4. The van der Waals surface area contributed by atoms with Crippen molar-refractivity contribution in [2.45, 2.75) is 19.8 Å². The number of hydrogen-bond acceptors (Lipinski definition) is 3. The van der Waals surface area contributed by atoms with Crippen molar-refractivity contribution >= 4 is 22.6 Å². The minimum Gasteiger partial charge on any atom is -0.484 e. The summed E-state index contributed by atoms with van der Waals surface area (Å²) in [5.74, 6) is 1.57. The van der Waals surface area contributed by atoms with Crippen LogP contribution in [0.2, 0.25) is 0 Å². The summed E-state index contributed by atoms with van der Waals surface area (Å²) in [6.45, 7) is 1.97. The maximum absolute atomic E-state index is 12.3. The summed E-state index contributed by atoms with van der Waals surface area (Å²) in [5.41, 5.74) is 5.18. The van der Waals surface area contributed by atoms with Crippen LogP contribution in [0.3, 0.4) is 0 Å². The maximum Gasteiger partial charge on any atom is 0.262 e. The lowest BCUT2D eigenvalue weighted by molar-refractivity contribution is -0.118. The molecular formula is C25H25N3O2. The van der Waals surface area contributed by atoms with Gasteiger partial charge in [0, 0.05) is 19.2 Å². The van der Waals surface area contributed by atoms with E-state index >= 15 is 0 Å². The van der Waals surface area contributed by atoms with Crippen LogP contribution in [0.15, 0.2) is 72.8 Å². The summed E-state index contributed by atoms with van der Waals surface area (Å²) in [5, 5.41) is 2.91. The summed E-state index contributed by atoms with van der Waals surface area (Å²) < 4.78 is 7.72. The fourth-order valence-corrected chi connectivity index (χ4v) is 3.53. The van der Waals surface area contributed by atoms with E-state index in [-0.39, 0.29) is 12.5 Å². The highest BCUT2D eigenvalue weighted by Gasteiger charge is 2.08. The highest BCUT2D eigenvalue weighted by atomic mass is 16.5. The molecule has 0 atom stereocenters. The van der Waals surface area contributed by atoms with E-state index in [0.29, 0.717) is 5.75 Å². The number of carbonyl (C=O) groups is 1. The molecule has 4 aromatic rings. The number of fused-ring (bicyclic) bond motifs is 1. The molecule has 3 aromatic carbocycles. The summed E-state index contributed by atoms with van der Waals surface area (Å²) in [7, 11) is 2.05. The molecule has 0 radical (unpaired) electrons. The molecule has 0 saturated carbocycles. The standard InChI is InChI=1S/C25H25N3O2/c1-18-7-5-10-21(15-18)30-17-25(29)26-20-9-6-8-19(16-20)13-14-24-27-22-11-3-4-12-23(22)28(24)2/h3-12,15-16H,13-14,17H2,1-2H3,(H,26,29). The Bertz CT molecular complexity index is 1180. The number of amides is 1. The van der Waals surface area contributed by atoms with Gasteiger partial charge < -0.3 is 14.6 Å². The van der Waals surface area contributed by atoms with E-state index in [2.05, 4.69) is 29.1 Å². The number of carbonyl (C=O) groups excluding carboxylic acids is 1. The molecule has 1 heterocycles. The molecule has 30 heavy (non-hydrogen) atoms. The zero-order chi connectivity index (χ0) is 20.9. The van der Waals surface area contributed by atoms with Crippen molar-refractivity contribution < 1.29 is 9.53 Å². The molecular weight excluding hydrogens is 374 g/mol. The van der Waals surface area contributed by atoms with Gasteiger partial charge in [-0.25, -0.2) is 4.98 Å². The van der Waals surface area contributed by atoms with E-state index in [1.165, 1.54) is 0 Å². The fourth-order valence-electron chi connectivity index (χ4n) is 3.53. The van der Waals surface area contributed by atoms with Crippen LogP contribution >= 0.6 is 0 Å². The molecule has 1 amide bonds. The van der Waals surface area contributed by atoms with Gasteiger partial charge in [0.2, 0.25) is 0 Å². The second kappa shape index (κ2) is 8.82. The SMILES string of the molecule is Cc1cccc(OCC(=O)Nc2cccc(CCc3nc4ccccc4n3C)c2)c1. The van der Waals surface area contributed by atoms with E-state index in [1.807, 2.05) is 67.6 Å². The predicted octanol–water partition coefficient (Wildman–Crippen LogP) is 4.68. The smallest absolute Gasteiger partial charge is 0.262 e. The van der Waals surface area contributed by atoms with Crippen molar-refractivity contribution in [1.29, 1.82) is 0 Å². The number of anilines is 1. The van der Waals surface area contributed by atoms with Crippen molar-refractivity contribution in [2.24, 2.45) is 7.05 Å². The molecule has 0 unspecified atom stereocenters. The molecule has 0 aliphatic rings. The number of hydrogen-bond donors (Lipinski definition) is 1. The zero-order valence-corrected chi connectivity index (χ0v) is 17.3. The van der Waals surface area contributed by atoms with E-state index in [1.54, 1.807) is 0 Å². The van der Waals surface area contributed by atoms with Crippen LogP contribution in [0.4, 0.5) is 5.69 Å². The Morgan fingerprint density at radius 1 is 1.00 bits per heavy atom. The fraction of sp³-hybridized carbons (Fsp3) is 0.200. The van der Waals surface area contributed by atoms with Crippen LogP contribution in [0.5, 0.6) is 5.75 Å². The molecule has 0 fully saturated rings. The molecule has 4 rings (SSSR count). The number of nitrogens with one attached hydrogen (secondary N) is 1. The van der Waals surface area contributed by atoms with Gasteiger partial charge in [0.15, 0.2) is 6.61 Å². The molecule has 152 valence electrons. The lowest BCUT2D eigenvalue weighted by atomic mass is 10.1. The van der Waals surface area contributed by atoms with E-state index in [9.17, 15) is 4.79 Å². The molecule has 5 nitrogen and oxygen atoms in total. The molecule has 1 N–H and O–H groups in total. The second-order valence-electron chi connectivity index (χ2n) is 7.43. The van der Waals surface area contributed by atoms with Crippen LogP contribution in [0.25, 0.3) is 11.0 Å². The first-order chi connectivity index (χ1) is 14.6. The molecule has 0 spiro atoms. The minimum absolute atomic E-state index is 0.0203. The minimum atomic E-state index is -0.177. The monoisotopic (exact) mass is 399 g/mol. The summed E-state index contributed by atoms with van der Waals surface area (Å²) in [4.78, 5) is 17.0. The largest absolute Gasteiger partial charge is 0.484 e. The second-order valence-corrected chi connectivity index (χ2v) is 7.43. The Hall–Kier alpha value is -3.60. The van der Waals surface area contributed by atoms with Gasteiger partial charge in [0.05, 0.1) is 11.0 Å². The topological polar surface area (TPSA) is 56.1 Å². The Balaban J connectivity index is 1.35. The van der Waals surface area contributed by atoms with Gasteiger partial charge in [-0.05, 0) is 60.9 Å². The van der Waals surface area contributed by atoms with Crippen molar-refractivity contribution in [1.82, 2.24) is 9.55 Å². The molecule has 5 heteroatoms. The van der Waals surface area contributed by atoms with Gasteiger partial charge in [-0.3, -0.25) is 4.79 Å². The number of imidazole rings is 1. The highest BCUT2D eigenvalue weighted by Crippen LogP contribution is 2.18. The molecule has 0 aliphatic heterocycles. The number of ether oxygens (including phenoxy) is 1. The van der Waals surface area contributed by atoms with Gasteiger partial charge in [-0.1, -0.05) is 36.4 Å². The summed E-state index contributed by atoms with van der Waals surface area (Å²) in [6, 6.07) is 23.8. The van der Waals surface area contributed by atoms with E-state index in [0.717, 1.165) is 46.5 Å². The summed E-state index contributed by atoms with van der Waals surface area (Å²) in [6.07, 6.45) is 1.68. The maximum atomic E-state index is 12.3. The van der Waals surface area contributed by atoms with Crippen LogP contribution in [0, 0.1) is 6.92 Å². The highest BCUT2D eigenvalue weighted by molar-refractivity contribution is 5.91. The lowest BCUT2D eigenvalue weighted by Gasteiger charge is -2.09. The van der Waals surface area contributed by atoms with Crippen molar-refractivity contribution in [3.63, 3.8) is 0 Å². The Morgan fingerprint density at radius 3 is 2.67 bits per heavy atom. The quantitative estimate of drug-likeness (QED) is 0.491. The number of rotatable bonds is 7. The van der Waals surface area contributed by atoms with Gasteiger partial charge in [-0.15, -0.1) is 0 Å². The zero-order valence-electron chi connectivity index (χ0n) is 17.3. The van der Waals surface area contributed by atoms with Gasteiger partial charge in [0.25, 0.3) is 5.91 Å². The Labute approximate surface area is 176 Å². The molecule has 0 saturated heterocycles. The van der Waals surface area contributed by atoms with Gasteiger partial charge >= 0.3 is 0 Å². The average Bonchev–Trinajstić information content (AvgIpc) is 3.07. The Kier molecular flexibility index (Phi) is 5.80. The Morgan fingerprint density at radius 2 is 1.83 bits per heavy atom. The van der Waals surface area contributed by atoms with Gasteiger partial charge in [0.1, 0.15) is 11.6 Å². The van der Waals surface area contributed by atoms with Crippen LogP contribution in [-0.4, -0.2) is 22.1 Å². The van der Waals surface area contributed by atoms with Crippen molar-refractivity contribution in [3.05, 3.63) is 89.7 Å². The van der Waals surface area contributed by atoms with Gasteiger partial charge in [-0.2, -0.15) is 0 Å². The third-order valence-corrected chi connectivity index (χ3v) is 5.09. The molecule has 0 bridgehead atoms. The third-order valence-electron chi connectivity index (χ3n) is 5.09. The first kappa shape index (κ1) is 19.7. The number of benzene rings is 3. The van der Waals surface area contributed by atoms with E-state index < -0.39 is 0 Å². The first-order valence-electron chi connectivity index (χ1n) is 10.1. The van der Waals surface area contributed by atoms with Crippen LogP contribution < -0.4 is 10.1 Å². The first-order valence-corrected chi connectivity index (χ1v) is 10.1. The number of aromatic nitrogens is 2. The predicted molar refractivity (Wildman–Crippen MR) is 120 cm³/mol. The average molecular weight is 399 g/mol. The van der Waals surface area contributed by atoms with Crippen LogP contribution in [-0.2, 0) is 24.7 Å². The van der Waals surface area contributed by atoms with E-state index in [4.69, 9.17) is 9.72 Å². The third kappa shape index (κ3) is 4.69. The van der Waals surface area contributed by atoms with Crippen LogP contribution in [0.1, 0.15) is 17.0 Å². The summed E-state index contributed by atoms with van der Waals surface area (Å²) >= 11 is 0.